The fraction of sp³-hybridized carbons (Fsp3) is 0.294. The van der Waals surface area contributed by atoms with Crippen LogP contribution in [0.1, 0.15) is 24.0 Å². The highest BCUT2D eigenvalue weighted by Gasteiger charge is 2.51. The Balaban J connectivity index is 2.73. The average molecular weight is 331 g/mol. The van der Waals surface area contributed by atoms with Crippen LogP contribution in [0.15, 0.2) is 42.9 Å². The first kappa shape index (κ1) is 16.9. The third kappa shape index (κ3) is 2.55. The van der Waals surface area contributed by atoms with Crippen LogP contribution < -0.4 is 5.73 Å². The minimum Gasteiger partial charge on any atom is -0.403 e. The van der Waals surface area contributed by atoms with Crippen molar-refractivity contribution in [3.8, 4) is 6.07 Å². The van der Waals surface area contributed by atoms with Crippen molar-refractivity contribution >= 4 is 17.5 Å². The summed E-state index contributed by atoms with van der Waals surface area (Å²) >= 11 is 6.41. The molecule has 1 aliphatic rings. The zero-order valence-corrected chi connectivity index (χ0v) is 14.0. The van der Waals surface area contributed by atoms with Crippen molar-refractivity contribution in [1.29, 1.82) is 5.26 Å². The summed E-state index contributed by atoms with van der Waals surface area (Å²) in [5.74, 6) is -0.110. The summed E-state index contributed by atoms with van der Waals surface area (Å²) < 4.78 is 0. The van der Waals surface area contributed by atoms with Gasteiger partial charge in [-0.15, -0.1) is 0 Å². The van der Waals surface area contributed by atoms with Crippen molar-refractivity contribution < 1.29 is 4.79 Å². The van der Waals surface area contributed by atoms with Gasteiger partial charge in [0.15, 0.2) is 5.54 Å². The quantitative estimate of drug-likeness (QED) is 0.924. The predicted octanol–water partition coefficient (Wildman–Crippen LogP) is 2.53. The number of amides is 1. The zero-order valence-electron chi connectivity index (χ0n) is 13.2. The zero-order chi connectivity index (χ0) is 17.2. The van der Waals surface area contributed by atoms with Gasteiger partial charge in [-0.25, -0.2) is 0 Å². The molecule has 1 aromatic rings. The van der Waals surface area contributed by atoms with Crippen LogP contribution in [0.4, 0.5) is 0 Å². The van der Waals surface area contributed by atoms with Crippen LogP contribution in [-0.4, -0.2) is 29.8 Å². The fourth-order valence-electron chi connectivity index (χ4n) is 3.11. The molecule has 1 heterocycles. The van der Waals surface area contributed by atoms with Gasteiger partial charge in [-0.2, -0.15) is 5.26 Å². The largest absolute Gasteiger partial charge is 0.403 e. The summed E-state index contributed by atoms with van der Waals surface area (Å²) in [7, 11) is 3.40. The number of carbonyl (C=O) groups is 1. The molecule has 0 saturated carbocycles. The summed E-state index contributed by atoms with van der Waals surface area (Å²) in [6, 6.07) is 7.03. The van der Waals surface area contributed by atoms with Crippen molar-refractivity contribution in [1.82, 2.24) is 9.80 Å². The molecule has 0 radical (unpaired) electrons. The monoisotopic (exact) mass is 330 g/mol. The van der Waals surface area contributed by atoms with E-state index in [0.717, 1.165) is 5.70 Å². The first-order valence-electron chi connectivity index (χ1n) is 7.17. The van der Waals surface area contributed by atoms with Crippen LogP contribution in [0.3, 0.4) is 0 Å². The lowest BCUT2D eigenvalue weighted by Gasteiger charge is -2.39. The van der Waals surface area contributed by atoms with E-state index in [2.05, 4.69) is 12.6 Å². The molecule has 1 saturated heterocycles. The van der Waals surface area contributed by atoms with Crippen LogP contribution in [0.2, 0.25) is 5.02 Å². The number of hydrogen-bond acceptors (Lipinski definition) is 4. The van der Waals surface area contributed by atoms with E-state index in [0.29, 0.717) is 29.0 Å². The molecule has 1 amide bonds. The normalized spacial score (nSPS) is 22.0. The van der Waals surface area contributed by atoms with Crippen LogP contribution in [0.25, 0.3) is 0 Å². The van der Waals surface area contributed by atoms with E-state index in [1.807, 2.05) is 0 Å². The van der Waals surface area contributed by atoms with Crippen LogP contribution >= 0.6 is 11.6 Å². The molecule has 2 N–H and O–H groups in total. The van der Waals surface area contributed by atoms with Crippen LogP contribution in [0, 0.1) is 11.3 Å². The van der Waals surface area contributed by atoms with Crippen molar-refractivity contribution in [2.45, 2.75) is 18.4 Å². The number of hydrogen-bond donors (Lipinski definition) is 1. The van der Waals surface area contributed by atoms with E-state index in [1.54, 1.807) is 43.4 Å². The van der Waals surface area contributed by atoms with E-state index in [9.17, 15) is 4.79 Å². The summed E-state index contributed by atoms with van der Waals surface area (Å²) in [6.07, 6.45) is 4.26. The number of carbonyl (C=O) groups excluding carboxylic acids is 1. The molecule has 1 aromatic carbocycles. The Labute approximate surface area is 141 Å². The Hall–Kier alpha value is -2.45. The minimum absolute atomic E-state index is 0.110. The SMILES string of the molecule is C=CN1/C(=C\N)CCC1(C(=O)N(C)C)c1ccc(C#N)cc1Cl. The first-order chi connectivity index (χ1) is 10.9. The van der Waals surface area contributed by atoms with Gasteiger partial charge in [0.25, 0.3) is 5.91 Å². The molecule has 0 spiro atoms. The molecule has 5 nitrogen and oxygen atoms in total. The van der Waals surface area contributed by atoms with Gasteiger partial charge < -0.3 is 15.5 Å². The van der Waals surface area contributed by atoms with Gasteiger partial charge in [-0.05, 0) is 31.2 Å². The van der Waals surface area contributed by atoms with Crippen molar-refractivity contribution in [2.24, 2.45) is 5.73 Å². The van der Waals surface area contributed by atoms with Gasteiger partial charge in [0.2, 0.25) is 0 Å². The number of nitrogens with zero attached hydrogens (tertiary/aromatic N) is 3. The van der Waals surface area contributed by atoms with Crippen LogP contribution in [0.5, 0.6) is 0 Å². The van der Waals surface area contributed by atoms with Gasteiger partial charge in [-0.3, -0.25) is 4.79 Å². The van der Waals surface area contributed by atoms with E-state index in [-0.39, 0.29) is 5.91 Å². The molecule has 0 bridgehead atoms. The minimum atomic E-state index is -0.998. The molecule has 23 heavy (non-hydrogen) atoms. The molecule has 0 aliphatic carbocycles. The Morgan fingerprint density at radius 2 is 2.26 bits per heavy atom. The van der Waals surface area contributed by atoms with E-state index in [1.165, 1.54) is 11.1 Å². The van der Waals surface area contributed by atoms with E-state index >= 15 is 0 Å². The number of nitrogens with two attached hydrogens (primary N) is 1. The van der Waals surface area contributed by atoms with Crippen LogP contribution in [-0.2, 0) is 10.3 Å². The Bertz CT molecular complexity index is 720. The lowest BCUT2D eigenvalue weighted by Crippen LogP contribution is -2.50. The first-order valence-corrected chi connectivity index (χ1v) is 7.54. The highest BCUT2D eigenvalue weighted by molar-refractivity contribution is 6.32. The smallest absolute Gasteiger partial charge is 0.253 e. The van der Waals surface area contributed by atoms with Crippen molar-refractivity contribution in [3.63, 3.8) is 0 Å². The molecule has 0 aromatic heterocycles. The molecule has 1 unspecified atom stereocenters. The van der Waals surface area contributed by atoms with E-state index < -0.39 is 5.54 Å². The summed E-state index contributed by atoms with van der Waals surface area (Å²) in [5, 5.41) is 9.40. The third-order valence-electron chi connectivity index (χ3n) is 4.14. The van der Waals surface area contributed by atoms with Gasteiger partial charge in [0.05, 0.1) is 11.6 Å². The number of likely N-dealkylation sites (N-methyl/N-ethyl adjacent to an activating group) is 1. The second kappa shape index (κ2) is 6.35. The number of halogens is 1. The lowest BCUT2D eigenvalue weighted by atomic mass is 9.85. The summed E-state index contributed by atoms with van der Waals surface area (Å²) in [4.78, 5) is 16.4. The number of benzene rings is 1. The number of nitriles is 1. The van der Waals surface area contributed by atoms with Crippen molar-refractivity contribution in [3.05, 3.63) is 59.0 Å². The number of allylic oxidation sites excluding steroid dienone is 1. The molecule has 1 fully saturated rings. The Morgan fingerprint density at radius 1 is 1.57 bits per heavy atom. The second-order valence-corrected chi connectivity index (χ2v) is 5.98. The van der Waals surface area contributed by atoms with Gasteiger partial charge in [0, 0.05) is 36.6 Å². The summed E-state index contributed by atoms with van der Waals surface area (Å²) in [6.45, 7) is 3.83. The average Bonchev–Trinajstić information content (AvgIpc) is 2.92. The molecular weight excluding hydrogens is 312 g/mol. The third-order valence-corrected chi connectivity index (χ3v) is 4.46. The second-order valence-electron chi connectivity index (χ2n) is 5.58. The standard InChI is InChI=1S/C17H19ClN4O/c1-4-22-13(11-20)7-8-17(22,16(23)21(2)3)14-6-5-12(10-19)9-15(14)18/h4-6,9,11H,1,7-8,20H2,2-3H3/b13-11-. The highest BCUT2D eigenvalue weighted by atomic mass is 35.5. The Morgan fingerprint density at radius 3 is 2.74 bits per heavy atom. The maximum atomic E-state index is 13.0. The van der Waals surface area contributed by atoms with Gasteiger partial charge in [0.1, 0.15) is 0 Å². The van der Waals surface area contributed by atoms with Gasteiger partial charge in [-0.1, -0.05) is 24.2 Å². The van der Waals surface area contributed by atoms with E-state index in [4.69, 9.17) is 22.6 Å². The molecule has 120 valence electrons. The molecule has 6 heteroatoms. The highest BCUT2D eigenvalue weighted by Crippen LogP contribution is 2.47. The fourth-order valence-corrected chi connectivity index (χ4v) is 3.45. The number of likely N-dealkylation sites (tertiary alicyclic amines) is 1. The maximum Gasteiger partial charge on any atom is 0.253 e. The molecule has 2 rings (SSSR count). The molecule has 1 atom stereocenters. The van der Waals surface area contributed by atoms with Gasteiger partial charge >= 0.3 is 0 Å². The topological polar surface area (TPSA) is 73.4 Å². The number of rotatable bonds is 3. The lowest BCUT2D eigenvalue weighted by molar-refractivity contribution is -0.139. The predicted molar refractivity (Wildman–Crippen MR) is 90.1 cm³/mol. The Kier molecular flexibility index (Phi) is 4.67. The molecular formula is C17H19ClN4O. The van der Waals surface area contributed by atoms with Crippen molar-refractivity contribution in [2.75, 3.05) is 14.1 Å². The maximum absolute atomic E-state index is 13.0. The molecule has 1 aliphatic heterocycles. The summed E-state index contributed by atoms with van der Waals surface area (Å²) in [5.41, 5.74) is 6.62.